The summed E-state index contributed by atoms with van der Waals surface area (Å²) in [5, 5.41) is 3.50. The monoisotopic (exact) mass is 534 g/mol. The molecule has 1 heterocycles. The molecule has 4 aromatic rings. The number of carbonyl (C=O) groups excluding carboxylic acids is 3. The Labute approximate surface area is 234 Å². The summed E-state index contributed by atoms with van der Waals surface area (Å²) in [5.74, 6) is -0.624. The second kappa shape index (κ2) is 11.4. The number of ether oxygens (including phenoxy) is 1. The van der Waals surface area contributed by atoms with Crippen LogP contribution in [0.5, 0.6) is 0 Å². The predicted octanol–water partition coefficient (Wildman–Crippen LogP) is 6.80. The molecule has 0 radical (unpaired) electrons. The number of nitrogens with one attached hydrogen (secondary N) is 1. The van der Waals surface area contributed by atoms with Gasteiger partial charge in [-0.25, -0.2) is 4.79 Å². The van der Waals surface area contributed by atoms with Gasteiger partial charge in [0.05, 0.1) is 11.1 Å². The van der Waals surface area contributed by atoms with Crippen molar-refractivity contribution in [1.82, 2.24) is 4.98 Å². The maximum atomic E-state index is 13.5. The highest BCUT2D eigenvalue weighted by atomic mass is 16.5. The summed E-state index contributed by atoms with van der Waals surface area (Å²) in [6.07, 6.45) is 3.66. The molecule has 6 nitrogen and oxygen atoms in total. The van der Waals surface area contributed by atoms with Crippen LogP contribution in [0.4, 0.5) is 5.69 Å². The molecule has 0 aliphatic heterocycles. The van der Waals surface area contributed by atoms with Gasteiger partial charge >= 0.3 is 5.97 Å². The van der Waals surface area contributed by atoms with Crippen molar-refractivity contribution < 1.29 is 19.1 Å². The molecule has 0 bridgehead atoms. The van der Waals surface area contributed by atoms with Gasteiger partial charge in [-0.3, -0.25) is 14.6 Å². The highest BCUT2D eigenvalue weighted by Gasteiger charge is 2.34. The van der Waals surface area contributed by atoms with Crippen molar-refractivity contribution in [3.63, 3.8) is 0 Å². The molecule has 0 saturated heterocycles. The number of benzene rings is 3. The van der Waals surface area contributed by atoms with E-state index in [1.807, 2.05) is 42.5 Å². The molecule has 3 aromatic carbocycles. The molecule has 1 aliphatic rings. The second-order valence-electron chi connectivity index (χ2n) is 11.1. The number of para-hydroxylation sites is 1. The number of hydrogen-bond donors (Lipinski definition) is 1. The van der Waals surface area contributed by atoms with Crippen molar-refractivity contribution in [2.45, 2.75) is 46.5 Å². The zero-order chi connectivity index (χ0) is 28.3. The smallest absolute Gasteiger partial charge is 0.339 e. The number of anilines is 1. The number of aromatic nitrogens is 1. The number of pyridine rings is 1. The molecular weight excluding hydrogens is 500 g/mol. The van der Waals surface area contributed by atoms with Crippen LogP contribution in [0, 0.1) is 11.3 Å². The molecular formula is C34H34N2O4. The predicted molar refractivity (Wildman–Crippen MR) is 157 cm³/mol. The van der Waals surface area contributed by atoms with E-state index in [0.717, 1.165) is 47.8 Å². The van der Waals surface area contributed by atoms with Gasteiger partial charge in [-0.1, -0.05) is 75.7 Å². The quantitative estimate of drug-likeness (QED) is 0.198. The van der Waals surface area contributed by atoms with E-state index in [4.69, 9.17) is 9.72 Å². The third-order valence-corrected chi connectivity index (χ3v) is 8.28. The van der Waals surface area contributed by atoms with E-state index in [9.17, 15) is 14.4 Å². The van der Waals surface area contributed by atoms with Crippen molar-refractivity contribution in [3.05, 3.63) is 107 Å². The van der Waals surface area contributed by atoms with Crippen LogP contribution in [0.25, 0.3) is 10.9 Å². The standard InChI is InChI=1S/C34H34N2O4/c1-4-34(2,3)24-16-19-29-27(20-24)31(26-12-8-9-13-28(26)36-29)33(39)40-21-30(37)35-25-17-14-23(15-18-25)32(38)22-10-6-5-7-11-22/h5-15,17-18,24H,4,16,19-21H2,1-3H3,(H,35,37). The Morgan fingerprint density at radius 1 is 0.925 bits per heavy atom. The van der Waals surface area contributed by atoms with Crippen LogP contribution in [0.3, 0.4) is 0 Å². The summed E-state index contributed by atoms with van der Waals surface area (Å²) < 4.78 is 5.57. The molecule has 1 atom stereocenters. The van der Waals surface area contributed by atoms with Crippen LogP contribution in [0.1, 0.15) is 71.1 Å². The topological polar surface area (TPSA) is 85.4 Å². The Morgan fingerprint density at radius 2 is 1.60 bits per heavy atom. The fourth-order valence-corrected chi connectivity index (χ4v) is 5.44. The van der Waals surface area contributed by atoms with E-state index < -0.39 is 18.5 Å². The summed E-state index contributed by atoms with van der Waals surface area (Å²) in [7, 11) is 0. The first kappa shape index (κ1) is 27.3. The Balaban J connectivity index is 1.30. The molecule has 1 aromatic heterocycles. The van der Waals surface area contributed by atoms with Crippen molar-refractivity contribution >= 4 is 34.3 Å². The summed E-state index contributed by atoms with van der Waals surface area (Å²) in [6, 6.07) is 23.3. The molecule has 0 fully saturated rings. The van der Waals surface area contributed by atoms with Gasteiger partial charge in [0.2, 0.25) is 0 Å². The molecule has 1 N–H and O–H groups in total. The number of ketones is 1. The number of esters is 1. The van der Waals surface area contributed by atoms with Gasteiger partial charge in [-0.2, -0.15) is 0 Å². The molecule has 0 saturated carbocycles. The molecule has 1 amide bonds. The number of nitrogens with zero attached hydrogens (tertiary/aromatic N) is 1. The van der Waals surface area contributed by atoms with Gasteiger partial charge < -0.3 is 10.1 Å². The van der Waals surface area contributed by atoms with Crippen LogP contribution < -0.4 is 5.32 Å². The number of fused-ring (bicyclic) bond motifs is 2. The maximum absolute atomic E-state index is 13.5. The number of carbonyl (C=O) groups is 3. The van der Waals surface area contributed by atoms with Gasteiger partial charge in [0.25, 0.3) is 5.91 Å². The maximum Gasteiger partial charge on any atom is 0.339 e. The van der Waals surface area contributed by atoms with E-state index in [1.165, 1.54) is 0 Å². The molecule has 40 heavy (non-hydrogen) atoms. The molecule has 1 aliphatic carbocycles. The zero-order valence-corrected chi connectivity index (χ0v) is 23.2. The van der Waals surface area contributed by atoms with E-state index in [2.05, 4.69) is 26.1 Å². The number of rotatable bonds is 8. The minimum Gasteiger partial charge on any atom is -0.452 e. The molecule has 5 rings (SSSR count). The van der Waals surface area contributed by atoms with E-state index in [0.29, 0.717) is 28.3 Å². The first-order chi connectivity index (χ1) is 19.3. The summed E-state index contributed by atoms with van der Waals surface area (Å²) in [5.41, 5.74) is 4.96. The fourth-order valence-electron chi connectivity index (χ4n) is 5.44. The SMILES string of the molecule is CCC(C)(C)C1CCc2nc3ccccc3c(C(=O)OCC(=O)Nc3ccc(C(=O)c4ccccc4)cc3)c2C1. The van der Waals surface area contributed by atoms with Crippen LogP contribution in [0.2, 0.25) is 0 Å². The minimum atomic E-state index is -0.510. The molecule has 0 spiro atoms. The van der Waals surface area contributed by atoms with E-state index >= 15 is 0 Å². The average molecular weight is 535 g/mol. The van der Waals surface area contributed by atoms with Gasteiger partial charge in [-0.15, -0.1) is 0 Å². The van der Waals surface area contributed by atoms with Crippen LogP contribution in [0.15, 0.2) is 78.9 Å². The summed E-state index contributed by atoms with van der Waals surface area (Å²) in [4.78, 5) is 43.7. The number of hydrogen-bond acceptors (Lipinski definition) is 5. The number of amides is 1. The second-order valence-corrected chi connectivity index (χ2v) is 11.1. The lowest BCUT2D eigenvalue weighted by Gasteiger charge is -2.37. The lowest BCUT2D eigenvalue weighted by atomic mass is 9.68. The van der Waals surface area contributed by atoms with Crippen LogP contribution in [-0.4, -0.2) is 29.3 Å². The highest BCUT2D eigenvalue weighted by molar-refractivity contribution is 6.09. The minimum absolute atomic E-state index is 0.0927. The van der Waals surface area contributed by atoms with Crippen molar-refractivity contribution in [3.8, 4) is 0 Å². The third kappa shape index (κ3) is 5.67. The Kier molecular flexibility index (Phi) is 7.78. The largest absolute Gasteiger partial charge is 0.452 e. The van der Waals surface area contributed by atoms with Gasteiger partial charge in [-0.05, 0) is 66.5 Å². The average Bonchev–Trinajstić information content (AvgIpc) is 2.98. The first-order valence-electron chi connectivity index (χ1n) is 13.8. The summed E-state index contributed by atoms with van der Waals surface area (Å²) in [6.45, 7) is 6.35. The Bertz CT molecular complexity index is 1560. The third-order valence-electron chi connectivity index (χ3n) is 8.28. The molecule has 6 heteroatoms. The normalized spacial score (nSPS) is 14.8. The Hall–Kier alpha value is -4.32. The zero-order valence-electron chi connectivity index (χ0n) is 23.2. The van der Waals surface area contributed by atoms with Gasteiger partial charge in [0, 0.05) is 27.9 Å². The van der Waals surface area contributed by atoms with Crippen LogP contribution in [-0.2, 0) is 22.4 Å². The van der Waals surface area contributed by atoms with Crippen molar-refractivity contribution in [2.24, 2.45) is 11.3 Å². The first-order valence-corrected chi connectivity index (χ1v) is 13.8. The number of aryl methyl sites for hydroxylation is 1. The molecule has 204 valence electrons. The lowest BCUT2D eigenvalue weighted by molar-refractivity contribution is -0.119. The lowest BCUT2D eigenvalue weighted by Crippen LogP contribution is -2.31. The van der Waals surface area contributed by atoms with E-state index in [1.54, 1.807) is 36.4 Å². The molecule has 1 unspecified atom stereocenters. The van der Waals surface area contributed by atoms with Crippen molar-refractivity contribution in [2.75, 3.05) is 11.9 Å². The van der Waals surface area contributed by atoms with Crippen LogP contribution >= 0.6 is 0 Å². The Morgan fingerprint density at radius 3 is 2.33 bits per heavy atom. The van der Waals surface area contributed by atoms with Crippen molar-refractivity contribution in [1.29, 1.82) is 0 Å². The van der Waals surface area contributed by atoms with E-state index in [-0.39, 0.29) is 11.2 Å². The summed E-state index contributed by atoms with van der Waals surface area (Å²) >= 11 is 0. The van der Waals surface area contributed by atoms with Gasteiger partial charge in [0.1, 0.15) is 0 Å². The van der Waals surface area contributed by atoms with Gasteiger partial charge in [0.15, 0.2) is 12.4 Å². The fraction of sp³-hybridized carbons (Fsp3) is 0.294. The highest BCUT2D eigenvalue weighted by Crippen LogP contribution is 2.41.